The lowest BCUT2D eigenvalue weighted by Gasteiger charge is -2.32. The van der Waals surface area contributed by atoms with Gasteiger partial charge in [-0.15, -0.1) is 11.3 Å². The van der Waals surface area contributed by atoms with E-state index in [0.29, 0.717) is 6.42 Å². The van der Waals surface area contributed by atoms with Gasteiger partial charge in [0.2, 0.25) is 0 Å². The number of nitriles is 1. The fourth-order valence-electron chi connectivity index (χ4n) is 2.51. The second-order valence-electron chi connectivity index (χ2n) is 5.46. The zero-order chi connectivity index (χ0) is 14.4. The van der Waals surface area contributed by atoms with Crippen LogP contribution in [0.1, 0.15) is 28.9 Å². The van der Waals surface area contributed by atoms with Crippen LogP contribution in [0.3, 0.4) is 0 Å². The summed E-state index contributed by atoms with van der Waals surface area (Å²) in [5, 5.41) is 10.1. The molecule has 5 heteroatoms. The third-order valence-corrected chi connectivity index (χ3v) is 4.94. The number of aryl methyl sites for hydroxylation is 1. The van der Waals surface area contributed by atoms with Crippen LogP contribution in [0.5, 0.6) is 0 Å². The van der Waals surface area contributed by atoms with E-state index in [-0.39, 0.29) is 0 Å². The highest BCUT2D eigenvalue weighted by Crippen LogP contribution is 2.21. The van der Waals surface area contributed by atoms with Crippen LogP contribution in [-0.4, -0.2) is 54.6 Å². The molecule has 0 radical (unpaired) electrons. The smallest absolute Gasteiger partial charge is 0.0944 e. The van der Waals surface area contributed by atoms with Crippen LogP contribution < -0.4 is 0 Å². The van der Waals surface area contributed by atoms with E-state index >= 15 is 0 Å². The molecule has 0 atom stereocenters. The maximum absolute atomic E-state index is 8.90. The summed E-state index contributed by atoms with van der Waals surface area (Å²) in [7, 11) is 2.18. The number of hydrogen-bond acceptors (Lipinski definition) is 5. The summed E-state index contributed by atoms with van der Waals surface area (Å²) in [5.41, 5.74) is 1.16. The van der Waals surface area contributed by atoms with Crippen molar-refractivity contribution in [3.05, 3.63) is 15.6 Å². The Morgan fingerprint density at radius 1 is 1.25 bits per heavy atom. The Kier molecular flexibility index (Phi) is 5.96. The minimum Gasteiger partial charge on any atom is -0.304 e. The lowest BCUT2D eigenvalue weighted by Crippen LogP contribution is -2.45. The number of piperazine rings is 1. The zero-order valence-electron chi connectivity index (χ0n) is 12.6. The van der Waals surface area contributed by atoms with Gasteiger partial charge in [-0.25, -0.2) is 4.98 Å². The predicted octanol–water partition coefficient (Wildman–Crippen LogP) is 1.95. The van der Waals surface area contributed by atoms with Gasteiger partial charge in [0, 0.05) is 44.0 Å². The summed E-state index contributed by atoms with van der Waals surface area (Å²) in [4.78, 5) is 10.8. The molecule has 0 spiro atoms. The Balaban J connectivity index is 1.89. The Labute approximate surface area is 126 Å². The molecule has 0 unspecified atom stereocenters. The number of nitrogens with zero attached hydrogens (tertiary/aromatic N) is 4. The first kappa shape index (κ1) is 15.4. The van der Waals surface area contributed by atoms with Gasteiger partial charge in [0.1, 0.15) is 0 Å². The molecule has 20 heavy (non-hydrogen) atoms. The van der Waals surface area contributed by atoms with Gasteiger partial charge in [-0.05, 0) is 13.5 Å². The van der Waals surface area contributed by atoms with Crippen LogP contribution in [0.4, 0.5) is 0 Å². The van der Waals surface area contributed by atoms with Crippen molar-refractivity contribution in [2.45, 2.75) is 32.6 Å². The standard InChI is InChI=1S/C15H24N4S/c1-3-4-13-14(5-7-16)20-15(17-13)6-8-19-11-9-18(2)10-12-19/h3-6,8-12H2,1-2H3. The van der Waals surface area contributed by atoms with Gasteiger partial charge >= 0.3 is 0 Å². The van der Waals surface area contributed by atoms with E-state index in [4.69, 9.17) is 10.2 Å². The van der Waals surface area contributed by atoms with E-state index < -0.39 is 0 Å². The lowest BCUT2D eigenvalue weighted by atomic mass is 10.2. The first-order chi connectivity index (χ1) is 9.72. The Morgan fingerprint density at radius 2 is 2.00 bits per heavy atom. The Hall–Kier alpha value is -0.960. The monoisotopic (exact) mass is 292 g/mol. The van der Waals surface area contributed by atoms with E-state index in [1.54, 1.807) is 11.3 Å². The molecule has 0 bridgehead atoms. The van der Waals surface area contributed by atoms with Crippen molar-refractivity contribution in [1.29, 1.82) is 5.26 Å². The van der Waals surface area contributed by atoms with Crippen LogP contribution in [0.25, 0.3) is 0 Å². The highest BCUT2D eigenvalue weighted by molar-refractivity contribution is 7.11. The maximum atomic E-state index is 8.90. The molecule has 2 heterocycles. The predicted molar refractivity (Wildman–Crippen MR) is 83.1 cm³/mol. The summed E-state index contributed by atoms with van der Waals surface area (Å²) in [5.74, 6) is 0. The van der Waals surface area contributed by atoms with Gasteiger partial charge in [-0.2, -0.15) is 5.26 Å². The van der Waals surface area contributed by atoms with Crippen molar-refractivity contribution in [2.75, 3.05) is 39.8 Å². The molecule has 0 aliphatic carbocycles. The summed E-state index contributed by atoms with van der Waals surface area (Å²) >= 11 is 1.74. The van der Waals surface area contributed by atoms with Crippen LogP contribution in [0.2, 0.25) is 0 Å². The quantitative estimate of drug-likeness (QED) is 0.804. The van der Waals surface area contributed by atoms with E-state index in [2.05, 4.69) is 29.8 Å². The zero-order valence-corrected chi connectivity index (χ0v) is 13.4. The number of aromatic nitrogens is 1. The van der Waals surface area contributed by atoms with Crippen LogP contribution in [-0.2, 0) is 19.3 Å². The number of hydrogen-bond donors (Lipinski definition) is 0. The van der Waals surface area contributed by atoms with Crippen LogP contribution in [0, 0.1) is 11.3 Å². The van der Waals surface area contributed by atoms with Crippen molar-refractivity contribution in [3.8, 4) is 6.07 Å². The molecule has 0 aromatic carbocycles. The molecular weight excluding hydrogens is 268 g/mol. The molecular formula is C15H24N4S. The van der Waals surface area contributed by atoms with Crippen molar-refractivity contribution in [3.63, 3.8) is 0 Å². The largest absolute Gasteiger partial charge is 0.304 e. The molecule has 1 fully saturated rings. The van der Waals surface area contributed by atoms with Gasteiger partial charge in [0.15, 0.2) is 0 Å². The van der Waals surface area contributed by atoms with Gasteiger partial charge in [0.05, 0.1) is 23.2 Å². The first-order valence-corrected chi connectivity index (χ1v) is 8.30. The second-order valence-corrected chi connectivity index (χ2v) is 6.63. The van der Waals surface area contributed by atoms with Gasteiger partial charge in [-0.3, -0.25) is 0 Å². The van der Waals surface area contributed by atoms with Gasteiger partial charge in [0.25, 0.3) is 0 Å². The Bertz CT molecular complexity index is 455. The SMILES string of the molecule is CCCc1nc(CCN2CCN(C)CC2)sc1CC#N. The van der Waals surface area contributed by atoms with Gasteiger partial charge in [-0.1, -0.05) is 13.3 Å². The summed E-state index contributed by atoms with van der Waals surface area (Å²) in [6.07, 6.45) is 3.64. The van der Waals surface area contributed by atoms with E-state index in [1.807, 2.05) is 0 Å². The molecule has 2 rings (SSSR count). The summed E-state index contributed by atoms with van der Waals surface area (Å²) in [6.45, 7) is 7.92. The van der Waals surface area contributed by atoms with Crippen molar-refractivity contribution >= 4 is 11.3 Å². The second kappa shape index (κ2) is 7.72. The molecule has 0 amide bonds. The summed E-state index contributed by atoms with van der Waals surface area (Å²) < 4.78 is 0. The van der Waals surface area contributed by atoms with E-state index in [0.717, 1.165) is 44.6 Å². The molecule has 1 aliphatic heterocycles. The van der Waals surface area contributed by atoms with Crippen molar-refractivity contribution in [2.24, 2.45) is 0 Å². The molecule has 0 N–H and O–H groups in total. The fraction of sp³-hybridized carbons (Fsp3) is 0.733. The molecule has 4 nitrogen and oxygen atoms in total. The van der Waals surface area contributed by atoms with Gasteiger partial charge < -0.3 is 9.80 Å². The molecule has 1 aromatic rings. The Morgan fingerprint density at radius 3 is 2.65 bits per heavy atom. The summed E-state index contributed by atoms with van der Waals surface area (Å²) in [6, 6.07) is 2.26. The first-order valence-electron chi connectivity index (χ1n) is 7.48. The fourth-order valence-corrected chi connectivity index (χ4v) is 3.55. The lowest BCUT2D eigenvalue weighted by molar-refractivity contribution is 0.155. The van der Waals surface area contributed by atoms with Crippen LogP contribution in [0.15, 0.2) is 0 Å². The highest BCUT2D eigenvalue weighted by atomic mass is 32.1. The number of likely N-dealkylation sites (N-methyl/N-ethyl adjacent to an activating group) is 1. The molecule has 110 valence electrons. The normalized spacial score (nSPS) is 17.2. The maximum Gasteiger partial charge on any atom is 0.0944 e. The van der Waals surface area contributed by atoms with E-state index in [9.17, 15) is 0 Å². The van der Waals surface area contributed by atoms with Crippen molar-refractivity contribution in [1.82, 2.24) is 14.8 Å². The molecule has 0 saturated carbocycles. The number of rotatable bonds is 6. The third-order valence-electron chi connectivity index (χ3n) is 3.79. The topological polar surface area (TPSA) is 43.2 Å². The third kappa shape index (κ3) is 4.27. The average molecular weight is 292 g/mol. The molecule has 1 aromatic heterocycles. The number of thiazole rings is 1. The van der Waals surface area contributed by atoms with Crippen molar-refractivity contribution < 1.29 is 0 Å². The minimum atomic E-state index is 0.515. The molecule has 1 saturated heterocycles. The minimum absolute atomic E-state index is 0.515. The average Bonchev–Trinajstić information content (AvgIpc) is 2.82. The van der Waals surface area contributed by atoms with E-state index in [1.165, 1.54) is 23.0 Å². The molecule has 1 aliphatic rings. The van der Waals surface area contributed by atoms with Crippen LogP contribution >= 0.6 is 11.3 Å². The highest BCUT2D eigenvalue weighted by Gasteiger charge is 2.15.